The number of rotatable bonds is 6. The van der Waals surface area contributed by atoms with Crippen LogP contribution >= 0.6 is 0 Å². The molecule has 10 heteroatoms. The number of carbonyl (C=O) groups excluding carboxylic acids is 1. The highest BCUT2D eigenvalue weighted by molar-refractivity contribution is 6.10. The van der Waals surface area contributed by atoms with Gasteiger partial charge in [0, 0.05) is 6.07 Å². The number of nitrogens with one attached hydrogen (secondary N) is 1. The molecule has 1 N–H and O–H groups in total. The smallest absolute Gasteiger partial charge is 0.296 e. The van der Waals surface area contributed by atoms with Crippen LogP contribution in [0.1, 0.15) is 12.5 Å². The summed E-state index contributed by atoms with van der Waals surface area (Å²) in [4.78, 5) is 23.3. The highest BCUT2D eigenvalue weighted by Crippen LogP contribution is 2.39. The fourth-order valence-corrected chi connectivity index (χ4v) is 2.71. The number of nitrogens with zero attached hydrogens (tertiary/aromatic N) is 3. The molecule has 1 aliphatic heterocycles. The molecule has 31 heavy (non-hydrogen) atoms. The monoisotopic (exact) mass is 420 g/mol. The molecular weight excluding hydrogens is 404 g/mol. The van der Waals surface area contributed by atoms with Gasteiger partial charge in [-0.05, 0) is 30.7 Å². The van der Waals surface area contributed by atoms with E-state index in [-0.39, 0.29) is 41.7 Å². The van der Waals surface area contributed by atoms with E-state index in [1.165, 1.54) is 18.2 Å². The van der Waals surface area contributed by atoms with E-state index in [1.807, 2.05) is 6.07 Å². The van der Waals surface area contributed by atoms with Gasteiger partial charge in [-0.15, -0.1) is 0 Å². The largest absolute Gasteiger partial charge is 0.486 e. The molecule has 2 aromatic carbocycles. The van der Waals surface area contributed by atoms with E-state index in [2.05, 4.69) is 5.32 Å². The number of hydrogen-bond acceptors (Lipinski definition) is 8. The van der Waals surface area contributed by atoms with Crippen molar-refractivity contribution in [3.63, 3.8) is 0 Å². The van der Waals surface area contributed by atoms with Crippen molar-refractivity contribution in [2.75, 3.05) is 18.5 Å². The number of nitro benzene ring substituents is 1. The highest BCUT2D eigenvalue weighted by atomic mass is 16.6. The number of anilines is 1. The van der Waals surface area contributed by atoms with E-state index < -0.39 is 16.9 Å². The third kappa shape index (κ3) is 5.08. The average Bonchev–Trinajstić information content (AvgIpc) is 2.77. The molecule has 0 radical (unpaired) electrons. The molecule has 0 bridgehead atoms. The lowest BCUT2D eigenvalue weighted by atomic mass is 10.1. The lowest BCUT2D eigenvalue weighted by Gasteiger charge is -2.19. The van der Waals surface area contributed by atoms with Gasteiger partial charge in [0.1, 0.15) is 42.4 Å². The van der Waals surface area contributed by atoms with Gasteiger partial charge in [-0.1, -0.05) is 12.1 Å². The maximum absolute atomic E-state index is 12.6. The van der Waals surface area contributed by atoms with E-state index in [0.717, 1.165) is 0 Å². The topological polar surface area (TPSA) is 148 Å². The standard InChI is InChI=1S/C21H16N4O6/c1-13(11-22)31-16-4-2-14(3-5-16)8-15(12-23)21(26)24-17-9-19-20(30-7-6-29-19)10-18(17)25(27)28/h2-5,8-10,13H,6-7H2,1H3,(H,24,26)/b15-8-. The van der Waals surface area contributed by atoms with Gasteiger partial charge in [-0.3, -0.25) is 14.9 Å². The van der Waals surface area contributed by atoms with Crippen molar-refractivity contribution in [1.82, 2.24) is 0 Å². The van der Waals surface area contributed by atoms with Crippen LogP contribution in [0.3, 0.4) is 0 Å². The van der Waals surface area contributed by atoms with E-state index in [0.29, 0.717) is 11.3 Å². The summed E-state index contributed by atoms with van der Waals surface area (Å²) < 4.78 is 16.1. The van der Waals surface area contributed by atoms with Crippen LogP contribution in [0.4, 0.5) is 11.4 Å². The van der Waals surface area contributed by atoms with E-state index in [1.54, 1.807) is 37.3 Å². The summed E-state index contributed by atoms with van der Waals surface area (Å²) >= 11 is 0. The van der Waals surface area contributed by atoms with Crippen LogP contribution in [0.15, 0.2) is 42.0 Å². The maximum Gasteiger partial charge on any atom is 0.296 e. The first-order chi connectivity index (χ1) is 14.9. The van der Waals surface area contributed by atoms with Gasteiger partial charge < -0.3 is 19.5 Å². The van der Waals surface area contributed by atoms with Gasteiger partial charge in [0.05, 0.1) is 11.0 Å². The molecule has 0 aromatic heterocycles. The van der Waals surface area contributed by atoms with Gasteiger partial charge in [-0.25, -0.2) is 0 Å². The van der Waals surface area contributed by atoms with Crippen molar-refractivity contribution in [2.45, 2.75) is 13.0 Å². The summed E-state index contributed by atoms with van der Waals surface area (Å²) in [5.41, 5.74) is -0.235. The molecule has 1 atom stereocenters. The van der Waals surface area contributed by atoms with Crippen LogP contribution in [-0.4, -0.2) is 30.1 Å². The Morgan fingerprint density at radius 3 is 2.45 bits per heavy atom. The molecule has 2 aromatic rings. The zero-order valence-corrected chi connectivity index (χ0v) is 16.3. The number of benzene rings is 2. The minimum absolute atomic E-state index is 0.116. The molecule has 1 heterocycles. The number of nitro groups is 1. The van der Waals surface area contributed by atoms with E-state index in [9.17, 15) is 20.2 Å². The Morgan fingerprint density at radius 1 is 1.23 bits per heavy atom. The molecule has 1 amide bonds. The normalized spacial score (nSPS) is 13.3. The summed E-state index contributed by atoms with van der Waals surface area (Å²) in [5, 5.41) is 32.0. The quantitative estimate of drug-likeness (QED) is 0.324. The maximum atomic E-state index is 12.6. The zero-order valence-electron chi connectivity index (χ0n) is 16.3. The average molecular weight is 420 g/mol. The summed E-state index contributed by atoms with van der Waals surface area (Å²) in [6.45, 7) is 2.13. The fourth-order valence-electron chi connectivity index (χ4n) is 2.71. The third-order valence-corrected chi connectivity index (χ3v) is 4.16. The van der Waals surface area contributed by atoms with Crippen LogP contribution in [0.2, 0.25) is 0 Å². The second-order valence-electron chi connectivity index (χ2n) is 6.35. The first-order valence-corrected chi connectivity index (χ1v) is 9.08. The molecule has 3 rings (SSSR count). The summed E-state index contributed by atoms with van der Waals surface area (Å²) in [5.74, 6) is 0.110. The molecule has 0 saturated carbocycles. The van der Waals surface area contributed by atoms with Crippen molar-refractivity contribution in [3.05, 3.63) is 57.6 Å². The van der Waals surface area contributed by atoms with Gasteiger partial charge in [0.15, 0.2) is 17.6 Å². The van der Waals surface area contributed by atoms with Gasteiger partial charge >= 0.3 is 0 Å². The Hall–Kier alpha value is -4.57. The van der Waals surface area contributed by atoms with E-state index >= 15 is 0 Å². The van der Waals surface area contributed by atoms with Crippen molar-refractivity contribution < 1.29 is 23.9 Å². The van der Waals surface area contributed by atoms with Gasteiger partial charge in [-0.2, -0.15) is 10.5 Å². The van der Waals surface area contributed by atoms with Crippen molar-refractivity contribution in [1.29, 1.82) is 10.5 Å². The zero-order chi connectivity index (χ0) is 22.4. The summed E-state index contributed by atoms with van der Waals surface area (Å²) in [7, 11) is 0. The number of ether oxygens (including phenoxy) is 3. The number of carbonyl (C=O) groups is 1. The predicted molar refractivity (Wildman–Crippen MR) is 108 cm³/mol. The van der Waals surface area contributed by atoms with Gasteiger partial charge in [0.2, 0.25) is 0 Å². The number of nitriles is 2. The first-order valence-electron chi connectivity index (χ1n) is 9.08. The number of fused-ring (bicyclic) bond motifs is 1. The highest BCUT2D eigenvalue weighted by Gasteiger charge is 2.24. The van der Waals surface area contributed by atoms with Gasteiger partial charge in [0.25, 0.3) is 11.6 Å². The molecular formula is C21H16N4O6. The summed E-state index contributed by atoms with van der Waals surface area (Å²) in [6.07, 6.45) is 0.708. The Labute approximate surface area is 177 Å². The molecule has 0 aliphatic carbocycles. The van der Waals surface area contributed by atoms with Crippen molar-refractivity contribution in [3.8, 4) is 29.4 Å². The van der Waals surface area contributed by atoms with Crippen LogP contribution < -0.4 is 19.5 Å². The third-order valence-electron chi connectivity index (χ3n) is 4.16. The van der Waals surface area contributed by atoms with Crippen LogP contribution in [0.5, 0.6) is 17.2 Å². The van der Waals surface area contributed by atoms with Crippen LogP contribution in [0, 0.1) is 32.8 Å². The predicted octanol–water partition coefficient (Wildman–Crippen LogP) is 3.20. The Kier molecular flexibility index (Phi) is 6.33. The molecule has 0 spiro atoms. The Morgan fingerprint density at radius 2 is 1.87 bits per heavy atom. The molecule has 1 aliphatic rings. The molecule has 10 nitrogen and oxygen atoms in total. The van der Waals surface area contributed by atoms with Crippen molar-refractivity contribution >= 4 is 23.4 Å². The lowest BCUT2D eigenvalue weighted by molar-refractivity contribution is -0.384. The number of amides is 1. The van der Waals surface area contributed by atoms with E-state index in [4.69, 9.17) is 19.5 Å². The minimum Gasteiger partial charge on any atom is -0.486 e. The molecule has 156 valence electrons. The van der Waals surface area contributed by atoms with Crippen LogP contribution in [0.25, 0.3) is 6.08 Å². The minimum atomic E-state index is -0.819. The molecule has 0 fully saturated rings. The Bertz CT molecular complexity index is 1130. The Balaban J connectivity index is 1.82. The second-order valence-corrected chi connectivity index (χ2v) is 6.35. The summed E-state index contributed by atoms with van der Waals surface area (Å²) in [6, 6.07) is 12.6. The first kappa shape index (κ1) is 21.1. The fraction of sp³-hybridized carbons (Fsp3) is 0.190. The molecule has 0 saturated heterocycles. The number of hydrogen-bond donors (Lipinski definition) is 1. The molecule has 1 unspecified atom stereocenters. The van der Waals surface area contributed by atoms with Crippen molar-refractivity contribution in [2.24, 2.45) is 0 Å². The SMILES string of the molecule is CC(C#N)Oc1ccc(/C=C(/C#N)C(=O)Nc2cc3c(cc2[N+](=O)[O-])OCCO3)cc1. The lowest BCUT2D eigenvalue weighted by Crippen LogP contribution is -2.18. The second kappa shape index (κ2) is 9.29. The van der Waals surface area contributed by atoms with Crippen LogP contribution in [-0.2, 0) is 4.79 Å².